The molecule has 0 bridgehead atoms. The highest BCUT2D eigenvalue weighted by molar-refractivity contribution is 5.92. The lowest BCUT2D eigenvalue weighted by molar-refractivity contribution is 0.0948. The van der Waals surface area contributed by atoms with Gasteiger partial charge in [-0.15, -0.1) is 10.2 Å². The Morgan fingerprint density at radius 3 is 2.38 bits per heavy atom. The Hall–Kier alpha value is -3.61. The van der Waals surface area contributed by atoms with Crippen LogP contribution < -0.4 is 20.1 Å². The molecule has 0 spiro atoms. The molecule has 2 aromatic carbocycles. The van der Waals surface area contributed by atoms with Gasteiger partial charge in [-0.3, -0.25) is 4.79 Å². The number of benzene rings is 2. The molecule has 0 atom stereocenters. The Morgan fingerprint density at radius 1 is 0.897 bits per heavy atom. The first kappa shape index (κ1) is 20.1. The van der Waals surface area contributed by atoms with E-state index in [1.165, 1.54) is 0 Å². The number of hydrogen-bond donors (Lipinski definition) is 2. The highest BCUT2D eigenvalue weighted by Crippen LogP contribution is 2.27. The number of carbonyl (C=O) groups is 1. The van der Waals surface area contributed by atoms with Crippen LogP contribution in [0, 0.1) is 0 Å². The number of nitrogens with zero attached hydrogens (tertiary/aromatic N) is 2. The SMILES string of the molecule is COc1ccc(CCNC(=O)c2ccc(NCc3ccccc3)nn2)cc1OC. The third-order valence-corrected chi connectivity index (χ3v) is 4.36. The van der Waals surface area contributed by atoms with E-state index in [4.69, 9.17) is 9.47 Å². The summed E-state index contributed by atoms with van der Waals surface area (Å²) in [6.07, 6.45) is 0.663. The Kier molecular flexibility index (Phi) is 7.00. The highest BCUT2D eigenvalue weighted by atomic mass is 16.5. The number of nitrogens with one attached hydrogen (secondary N) is 2. The van der Waals surface area contributed by atoms with E-state index < -0.39 is 0 Å². The van der Waals surface area contributed by atoms with Crippen molar-refractivity contribution in [1.29, 1.82) is 0 Å². The number of rotatable bonds is 9. The summed E-state index contributed by atoms with van der Waals surface area (Å²) in [6, 6.07) is 19.1. The predicted molar refractivity (Wildman–Crippen MR) is 111 cm³/mol. The fraction of sp³-hybridized carbons (Fsp3) is 0.227. The summed E-state index contributed by atoms with van der Waals surface area (Å²) in [5.41, 5.74) is 2.46. The van der Waals surface area contributed by atoms with Crippen molar-refractivity contribution in [1.82, 2.24) is 15.5 Å². The number of carbonyl (C=O) groups excluding carboxylic acids is 1. The topological polar surface area (TPSA) is 85.4 Å². The lowest BCUT2D eigenvalue weighted by atomic mass is 10.1. The van der Waals surface area contributed by atoms with Gasteiger partial charge in [0.15, 0.2) is 17.2 Å². The van der Waals surface area contributed by atoms with Crippen LogP contribution >= 0.6 is 0 Å². The zero-order chi connectivity index (χ0) is 20.5. The van der Waals surface area contributed by atoms with Crippen molar-refractivity contribution >= 4 is 11.7 Å². The molecular formula is C22H24N4O3. The minimum absolute atomic E-state index is 0.257. The van der Waals surface area contributed by atoms with Gasteiger partial charge in [0.25, 0.3) is 5.91 Å². The van der Waals surface area contributed by atoms with E-state index in [-0.39, 0.29) is 11.6 Å². The van der Waals surface area contributed by atoms with Gasteiger partial charge in [-0.05, 0) is 41.8 Å². The molecule has 2 N–H and O–H groups in total. The molecule has 0 aliphatic heterocycles. The molecule has 3 rings (SSSR count). The van der Waals surface area contributed by atoms with Crippen LogP contribution in [-0.2, 0) is 13.0 Å². The maximum absolute atomic E-state index is 12.3. The van der Waals surface area contributed by atoms with E-state index in [0.29, 0.717) is 36.8 Å². The lowest BCUT2D eigenvalue weighted by Crippen LogP contribution is -2.26. The number of hydrogen-bond acceptors (Lipinski definition) is 6. The summed E-state index contributed by atoms with van der Waals surface area (Å²) < 4.78 is 10.5. The first-order valence-corrected chi connectivity index (χ1v) is 9.30. The van der Waals surface area contributed by atoms with E-state index in [2.05, 4.69) is 20.8 Å². The molecule has 0 fully saturated rings. The van der Waals surface area contributed by atoms with Gasteiger partial charge in [0.05, 0.1) is 14.2 Å². The van der Waals surface area contributed by atoms with Crippen LogP contribution in [0.4, 0.5) is 5.82 Å². The minimum Gasteiger partial charge on any atom is -0.493 e. The Morgan fingerprint density at radius 2 is 1.69 bits per heavy atom. The standard InChI is InChI=1S/C22H24N4O3/c1-28-19-10-8-16(14-20(19)29-2)12-13-23-22(27)18-9-11-21(26-25-18)24-15-17-6-4-3-5-7-17/h3-11,14H,12-13,15H2,1-2H3,(H,23,27)(H,24,26). The minimum atomic E-state index is -0.257. The second-order valence-corrected chi connectivity index (χ2v) is 6.34. The largest absolute Gasteiger partial charge is 0.493 e. The van der Waals surface area contributed by atoms with Crippen molar-refractivity contribution in [2.75, 3.05) is 26.1 Å². The van der Waals surface area contributed by atoms with Gasteiger partial charge in [0, 0.05) is 13.1 Å². The zero-order valence-corrected chi connectivity index (χ0v) is 16.5. The van der Waals surface area contributed by atoms with Crippen LogP contribution in [0.2, 0.25) is 0 Å². The average Bonchev–Trinajstić information content (AvgIpc) is 2.78. The normalized spacial score (nSPS) is 10.3. The Bertz CT molecular complexity index is 931. The maximum atomic E-state index is 12.3. The molecule has 1 aromatic heterocycles. The van der Waals surface area contributed by atoms with Gasteiger partial charge in [-0.1, -0.05) is 36.4 Å². The van der Waals surface area contributed by atoms with E-state index >= 15 is 0 Å². The molecule has 29 heavy (non-hydrogen) atoms. The average molecular weight is 392 g/mol. The first-order chi connectivity index (χ1) is 14.2. The summed E-state index contributed by atoms with van der Waals surface area (Å²) >= 11 is 0. The number of anilines is 1. The second-order valence-electron chi connectivity index (χ2n) is 6.34. The summed E-state index contributed by atoms with van der Waals surface area (Å²) in [5.74, 6) is 1.71. The van der Waals surface area contributed by atoms with E-state index in [0.717, 1.165) is 11.1 Å². The van der Waals surface area contributed by atoms with Crippen molar-refractivity contribution in [3.63, 3.8) is 0 Å². The first-order valence-electron chi connectivity index (χ1n) is 9.30. The smallest absolute Gasteiger partial charge is 0.271 e. The summed E-state index contributed by atoms with van der Waals surface area (Å²) in [6.45, 7) is 1.12. The second kappa shape index (κ2) is 10.1. The summed E-state index contributed by atoms with van der Waals surface area (Å²) in [4.78, 5) is 12.3. The van der Waals surface area contributed by atoms with Crippen LogP contribution in [0.5, 0.6) is 11.5 Å². The van der Waals surface area contributed by atoms with Gasteiger partial charge in [-0.25, -0.2) is 0 Å². The van der Waals surface area contributed by atoms with Crippen LogP contribution in [0.1, 0.15) is 21.6 Å². The summed E-state index contributed by atoms with van der Waals surface area (Å²) in [5, 5.41) is 14.1. The molecule has 150 valence electrons. The zero-order valence-electron chi connectivity index (χ0n) is 16.5. The Labute approximate surface area is 170 Å². The molecular weight excluding hydrogens is 368 g/mol. The number of aromatic nitrogens is 2. The van der Waals surface area contributed by atoms with Crippen LogP contribution in [-0.4, -0.2) is 36.9 Å². The van der Waals surface area contributed by atoms with E-state index in [1.807, 2.05) is 48.5 Å². The highest BCUT2D eigenvalue weighted by Gasteiger charge is 2.09. The molecule has 0 unspecified atom stereocenters. The molecule has 0 radical (unpaired) electrons. The number of methoxy groups -OCH3 is 2. The molecule has 7 nitrogen and oxygen atoms in total. The number of ether oxygens (including phenoxy) is 2. The van der Waals surface area contributed by atoms with Crippen LogP contribution in [0.3, 0.4) is 0 Å². The molecule has 3 aromatic rings. The van der Waals surface area contributed by atoms with Crippen LogP contribution in [0.15, 0.2) is 60.7 Å². The molecule has 1 heterocycles. The van der Waals surface area contributed by atoms with Crippen molar-refractivity contribution in [3.8, 4) is 11.5 Å². The molecule has 1 amide bonds. The molecule has 0 aliphatic rings. The van der Waals surface area contributed by atoms with Crippen molar-refractivity contribution in [2.45, 2.75) is 13.0 Å². The monoisotopic (exact) mass is 392 g/mol. The fourth-order valence-electron chi connectivity index (χ4n) is 2.78. The van der Waals surface area contributed by atoms with Crippen molar-refractivity contribution in [2.24, 2.45) is 0 Å². The maximum Gasteiger partial charge on any atom is 0.271 e. The lowest BCUT2D eigenvalue weighted by Gasteiger charge is -2.10. The predicted octanol–water partition coefficient (Wildman–Crippen LogP) is 3.08. The molecule has 0 saturated carbocycles. The summed E-state index contributed by atoms with van der Waals surface area (Å²) in [7, 11) is 3.20. The third-order valence-electron chi connectivity index (χ3n) is 4.36. The van der Waals surface area contributed by atoms with E-state index in [9.17, 15) is 4.79 Å². The Balaban J connectivity index is 1.48. The van der Waals surface area contributed by atoms with Crippen molar-refractivity contribution in [3.05, 3.63) is 77.5 Å². The van der Waals surface area contributed by atoms with Gasteiger partial charge in [-0.2, -0.15) is 0 Å². The van der Waals surface area contributed by atoms with Gasteiger partial charge < -0.3 is 20.1 Å². The van der Waals surface area contributed by atoms with Crippen molar-refractivity contribution < 1.29 is 14.3 Å². The van der Waals surface area contributed by atoms with E-state index in [1.54, 1.807) is 26.4 Å². The number of amides is 1. The fourth-order valence-corrected chi connectivity index (χ4v) is 2.78. The van der Waals surface area contributed by atoms with Crippen LogP contribution in [0.25, 0.3) is 0 Å². The quantitative estimate of drug-likeness (QED) is 0.582. The van der Waals surface area contributed by atoms with Gasteiger partial charge >= 0.3 is 0 Å². The molecule has 7 heteroatoms. The van der Waals surface area contributed by atoms with Gasteiger partial charge in [0.2, 0.25) is 0 Å². The third kappa shape index (κ3) is 5.68. The van der Waals surface area contributed by atoms with Gasteiger partial charge in [0.1, 0.15) is 5.82 Å². The molecule has 0 saturated heterocycles. The molecule has 0 aliphatic carbocycles.